The van der Waals surface area contributed by atoms with Gasteiger partial charge in [0.25, 0.3) is 0 Å². The van der Waals surface area contributed by atoms with E-state index in [0.29, 0.717) is 26.3 Å². The molecule has 0 spiro atoms. The Morgan fingerprint density at radius 3 is 2.58 bits per heavy atom. The van der Waals surface area contributed by atoms with Crippen LogP contribution in [0.3, 0.4) is 0 Å². The highest BCUT2D eigenvalue weighted by molar-refractivity contribution is 7.97. The molecule has 3 nitrogen and oxygen atoms in total. The Labute approximate surface area is 157 Å². The number of benzene rings is 2. The topological polar surface area (TPSA) is 33.6 Å². The van der Waals surface area contributed by atoms with Gasteiger partial charge in [0, 0.05) is 21.5 Å². The van der Waals surface area contributed by atoms with Crippen LogP contribution in [0.2, 0.25) is 10.0 Å². The van der Waals surface area contributed by atoms with Crippen LogP contribution in [0.15, 0.2) is 42.5 Å². The van der Waals surface area contributed by atoms with Crippen LogP contribution >= 0.6 is 47.2 Å². The number of thioether (sulfide) groups is 1. The van der Waals surface area contributed by atoms with Gasteiger partial charge in [0.2, 0.25) is 0 Å². The molecule has 0 aliphatic rings. The molecule has 0 bridgehead atoms. The van der Waals surface area contributed by atoms with Crippen molar-refractivity contribution in [2.75, 3.05) is 0 Å². The first kappa shape index (κ1) is 17.5. The fourth-order valence-corrected chi connectivity index (χ4v) is 3.82. The average molecular weight is 400 g/mol. The zero-order valence-corrected chi connectivity index (χ0v) is 15.4. The normalized spacial score (nSPS) is 11.0. The molecule has 0 atom stereocenters. The number of nitrogens with one attached hydrogen (secondary N) is 1. The second-order valence-corrected chi connectivity index (χ2v) is 7.20. The first-order valence-corrected chi connectivity index (χ1v) is 9.30. The molecule has 0 saturated carbocycles. The maximum absolute atomic E-state index is 13.1. The smallest absolute Gasteiger partial charge is 0.199 e. The van der Waals surface area contributed by atoms with Gasteiger partial charge in [0.05, 0.1) is 5.75 Å². The van der Waals surface area contributed by atoms with Crippen LogP contribution in [0, 0.1) is 10.6 Å². The molecule has 0 amide bonds. The highest BCUT2D eigenvalue weighted by Crippen LogP contribution is 2.25. The van der Waals surface area contributed by atoms with Crippen molar-refractivity contribution in [2.45, 2.75) is 11.5 Å². The first-order chi connectivity index (χ1) is 11.5. The molecule has 3 aromatic rings. The van der Waals surface area contributed by atoms with Crippen molar-refractivity contribution >= 4 is 47.2 Å². The van der Waals surface area contributed by atoms with Gasteiger partial charge in [-0.1, -0.05) is 29.3 Å². The Balaban J connectivity index is 1.74. The average Bonchev–Trinajstić information content (AvgIpc) is 2.91. The van der Waals surface area contributed by atoms with Crippen molar-refractivity contribution in [1.29, 1.82) is 0 Å². The van der Waals surface area contributed by atoms with Crippen molar-refractivity contribution in [3.63, 3.8) is 0 Å². The van der Waals surface area contributed by atoms with Crippen molar-refractivity contribution in [1.82, 2.24) is 14.8 Å². The van der Waals surface area contributed by atoms with Gasteiger partial charge in [-0.25, -0.2) is 4.39 Å². The third-order valence-corrected chi connectivity index (χ3v) is 5.19. The largest absolute Gasteiger partial charge is 0.271 e. The minimum atomic E-state index is -0.336. The standard InChI is InChI=1S/C16H12Cl2FN3S2/c17-11-2-5-13(6-3-11)22-15(20-21-16(22)23)9-24-8-10-1-4-12(19)7-14(10)18/h1-7H,8-9H2,(H,21,23). The molecule has 2 aromatic carbocycles. The zero-order chi connectivity index (χ0) is 17.1. The molecule has 1 aromatic heterocycles. The quantitative estimate of drug-likeness (QED) is 0.549. The summed E-state index contributed by atoms with van der Waals surface area (Å²) in [5.74, 6) is 1.74. The molecule has 1 heterocycles. The van der Waals surface area contributed by atoms with Crippen LogP contribution in [-0.4, -0.2) is 14.8 Å². The van der Waals surface area contributed by atoms with Gasteiger partial charge in [0.15, 0.2) is 4.77 Å². The highest BCUT2D eigenvalue weighted by atomic mass is 35.5. The highest BCUT2D eigenvalue weighted by Gasteiger charge is 2.09. The molecule has 124 valence electrons. The number of H-pyrrole nitrogens is 1. The Kier molecular flexibility index (Phi) is 5.61. The van der Waals surface area contributed by atoms with Gasteiger partial charge in [0.1, 0.15) is 11.6 Å². The van der Waals surface area contributed by atoms with Crippen LogP contribution < -0.4 is 0 Å². The molecule has 0 saturated heterocycles. The van der Waals surface area contributed by atoms with Crippen molar-refractivity contribution < 1.29 is 4.39 Å². The molecule has 0 aliphatic heterocycles. The number of rotatable bonds is 5. The van der Waals surface area contributed by atoms with Gasteiger partial charge in [-0.2, -0.15) is 5.10 Å². The van der Waals surface area contributed by atoms with E-state index in [4.69, 9.17) is 35.4 Å². The molecular formula is C16H12Cl2FN3S2. The third-order valence-electron chi connectivity index (χ3n) is 3.33. The summed E-state index contributed by atoms with van der Waals surface area (Å²) in [5, 5.41) is 8.19. The predicted molar refractivity (Wildman–Crippen MR) is 100 cm³/mol. The maximum Gasteiger partial charge on any atom is 0.199 e. The lowest BCUT2D eigenvalue weighted by atomic mass is 10.2. The lowest BCUT2D eigenvalue weighted by Crippen LogP contribution is -2.00. The lowest BCUT2D eigenvalue weighted by Gasteiger charge is -2.08. The summed E-state index contributed by atoms with van der Waals surface area (Å²) in [7, 11) is 0. The van der Waals surface area contributed by atoms with E-state index < -0.39 is 0 Å². The number of hydrogen-bond donors (Lipinski definition) is 1. The fraction of sp³-hybridized carbons (Fsp3) is 0.125. The molecule has 8 heteroatoms. The molecule has 0 aliphatic carbocycles. The van der Waals surface area contributed by atoms with Crippen LogP contribution in [0.4, 0.5) is 4.39 Å². The Morgan fingerprint density at radius 2 is 1.88 bits per heavy atom. The summed E-state index contributed by atoms with van der Waals surface area (Å²) in [4.78, 5) is 0. The minimum Gasteiger partial charge on any atom is -0.271 e. The molecule has 24 heavy (non-hydrogen) atoms. The molecule has 3 rings (SSSR count). The third kappa shape index (κ3) is 4.00. The van der Waals surface area contributed by atoms with E-state index in [1.165, 1.54) is 12.1 Å². The van der Waals surface area contributed by atoms with Crippen molar-refractivity contribution in [2.24, 2.45) is 0 Å². The van der Waals surface area contributed by atoms with Crippen LogP contribution in [0.5, 0.6) is 0 Å². The molecule has 0 fully saturated rings. The van der Waals surface area contributed by atoms with E-state index in [1.54, 1.807) is 30.0 Å². The van der Waals surface area contributed by atoms with E-state index in [2.05, 4.69) is 10.2 Å². The van der Waals surface area contributed by atoms with E-state index in [-0.39, 0.29) is 5.82 Å². The monoisotopic (exact) mass is 399 g/mol. The van der Waals surface area contributed by atoms with Gasteiger partial charge in [-0.05, 0) is 54.2 Å². The molecular weight excluding hydrogens is 388 g/mol. The number of aromatic amines is 1. The Hall–Kier alpha value is -1.34. The summed E-state index contributed by atoms with van der Waals surface area (Å²) in [6.07, 6.45) is 0. The summed E-state index contributed by atoms with van der Waals surface area (Å²) in [6, 6.07) is 11.8. The fourth-order valence-electron chi connectivity index (χ4n) is 2.17. The van der Waals surface area contributed by atoms with Gasteiger partial charge in [-0.3, -0.25) is 9.67 Å². The predicted octanol–water partition coefficient (Wildman–Crippen LogP) is 5.81. The van der Waals surface area contributed by atoms with Crippen molar-refractivity contribution in [3.8, 4) is 5.69 Å². The van der Waals surface area contributed by atoms with Gasteiger partial charge >= 0.3 is 0 Å². The molecule has 0 unspecified atom stereocenters. The number of halogens is 3. The van der Waals surface area contributed by atoms with Gasteiger partial charge < -0.3 is 0 Å². The van der Waals surface area contributed by atoms with Crippen LogP contribution in [0.25, 0.3) is 5.69 Å². The number of nitrogens with zero attached hydrogens (tertiary/aromatic N) is 2. The minimum absolute atomic E-state index is 0.336. The second kappa shape index (κ2) is 7.70. The number of aromatic nitrogens is 3. The van der Waals surface area contributed by atoms with Crippen LogP contribution in [0.1, 0.15) is 11.4 Å². The van der Waals surface area contributed by atoms with E-state index in [1.807, 2.05) is 16.7 Å². The second-order valence-electron chi connectivity index (χ2n) is 4.99. The summed E-state index contributed by atoms with van der Waals surface area (Å²) >= 11 is 18.9. The number of hydrogen-bond acceptors (Lipinski definition) is 3. The van der Waals surface area contributed by atoms with Crippen molar-refractivity contribution in [3.05, 3.63) is 74.5 Å². The van der Waals surface area contributed by atoms with E-state index >= 15 is 0 Å². The summed E-state index contributed by atoms with van der Waals surface area (Å²) in [5.41, 5.74) is 1.78. The van der Waals surface area contributed by atoms with Crippen LogP contribution in [-0.2, 0) is 11.5 Å². The van der Waals surface area contributed by atoms with Gasteiger partial charge in [-0.15, -0.1) is 11.8 Å². The zero-order valence-electron chi connectivity index (χ0n) is 12.3. The SMILES string of the molecule is Fc1ccc(CSCc2n[nH]c(=S)n2-c2ccc(Cl)cc2)c(Cl)c1. The maximum atomic E-state index is 13.1. The molecule has 0 radical (unpaired) electrons. The lowest BCUT2D eigenvalue weighted by molar-refractivity contribution is 0.627. The summed E-state index contributed by atoms with van der Waals surface area (Å²) < 4.78 is 15.5. The Bertz CT molecular complexity index is 906. The summed E-state index contributed by atoms with van der Waals surface area (Å²) in [6.45, 7) is 0. The molecule has 1 N–H and O–H groups in total. The van der Waals surface area contributed by atoms with E-state index in [0.717, 1.165) is 17.1 Å². The Morgan fingerprint density at radius 1 is 1.12 bits per heavy atom. The van der Waals surface area contributed by atoms with E-state index in [9.17, 15) is 4.39 Å². The first-order valence-electron chi connectivity index (χ1n) is 6.98.